The van der Waals surface area contributed by atoms with Gasteiger partial charge in [0.1, 0.15) is 0 Å². The van der Waals surface area contributed by atoms with E-state index in [0.717, 1.165) is 36.3 Å². The average molecular weight is 233 g/mol. The Balaban J connectivity index is 1.86. The monoisotopic (exact) mass is 233 g/mol. The summed E-state index contributed by atoms with van der Waals surface area (Å²) in [4.78, 5) is 6.94. The summed E-state index contributed by atoms with van der Waals surface area (Å²) in [5.41, 5.74) is 7.52. The van der Waals surface area contributed by atoms with Gasteiger partial charge in [0.25, 0.3) is 0 Å². The molecule has 1 fully saturated rings. The van der Waals surface area contributed by atoms with Crippen LogP contribution in [0.25, 0.3) is 0 Å². The Morgan fingerprint density at radius 3 is 2.88 bits per heavy atom. The van der Waals surface area contributed by atoms with Crippen molar-refractivity contribution in [2.24, 2.45) is 5.92 Å². The first kappa shape index (κ1) is 12.4. The van der Waals surface area contributed by atoms with E-state index >= 15 is 0 Å². The summed E-state index contributed by atoms with van der Waals surface area (Å²) < 4.78 is 0. The molecule has 1 saturated heterocycles. The fourth-order valence-corrected chi connectivity index (χ4v) is 2.53. The summed E-state index contributed by atoms with van der Waals surface area (Å²) in [7, 11) is 0. The highest BCUT2D eigenvalue weighted by atomic mass is 15.2. The van der Waals surface area contributed by atoms with Crippen LogP contribution in [0.3, 0.4) is 0 Å². The largest absolute Gasteiger partial charge is 0.397 e. The van der Waals surface area contributed by atoms with E-state index in [0.29, 0.717) is 0 Å². The molecule has 0 radical (unpaired) electrons. The van der Waals surface area contributed by atoms with Gasteiger partial charge in [0.2, 0.25) is 0 Å². The van der Waals surface area contributed by atoms with Crippen LogP contribution in [0.5, 0.6) is 0 Å². The Hall–Kier alpha value is -1.09. The number of rotatable bonds is 3. The molecule has 1 aliphatic heterocycles. The Labute approximate surface area is 104 Å². The van der Waals surface area contributed by atoms with Gasteiger partial charge in [-0.3, -0.25) is 4.98 Å². The van der Waals surface area contributed by atoms with Gasteiger partial charge >= 0.3 is 0 Å². The van der Waals surface area contributed by atoms with Crippen LogP contribution < -0.4 is 5.73 Å². The van der Waals surface area contributed by atoms with Crippen LogP contribution in [0.15, 0.2) is 18.3 Å². The maximum atomic E-state index is 5.63. The van der Waals surface area contributed by atoms with E-state index in [-0.39, 0.29) is 0 Å². The minimum Gasteiger partial charge on any atom is -0.397 e. The van der Waals surface area contributed by atoms with Crippen molar-refractivity contribution in [3.63, 3.8) is 0 Å². The smallest absolute Gasteiger partial charge is 0.0501 e. The van der Waals surface area contributed by atoms with E-state index in [4.69, 9.17) is 5.73 Å². The molecule has 0 bridgehead atoms. The topological polar surface area (TPSA) is 42.1 Å². The van der Waals surface area contributed by atoms with Gasteiger partial charge in [0.15, 0.2) is 0 Å². The molecule has 17 heavy (non-hydrogen) atoms. The number of piperidine rings is 1. The molecule has 0 aliphatic carbocycles. The quantitative estimate of drug-likeness (QED) is 0.871. The van der Waals surface area contributed by atoms with Gasteiger partial charge in [0, 0.05) is 31.2 Å². The lowest BCUT2D eigenvalue weighted by molar-refractivity contribution is 0.126. The Morgan fingerprint density at radius 2 is 2.18 bits per heavy atom. The lowest BCUT2D eigenvalue weighted by atomic mass is 9.95. The summed E-state index contributed by atoms with van der Waals surface area (Å²) in [6, 6.07) is 4.69. The summed E-state index contributed by atoms with van der Waals surface area (Å²) >= 11 is 0. The van der Waals surface area contributed by atoms with Gasteiger partial charge in [-0.25, -0.2) is 0 Å². The van der Waals surface area contributed by atoms with Crippen LogP contribution in [-0.2, 0) is 6.42 Å². The van der Waals surface area contributed by atoms with Crippen molar-refractivity contribution >= 4 is 5.69 Å². The molecule has 0 aromatic carbocycles. The average Bonchev–Trinajstić information content (AvgIpc) is 2.32. The highest BCUT2D eigenvalue weighted by molar-refractivity contribution is 5.34. The lowest BCUT2D eigenvalue weighted by Crippen LogP contribution is -2.42. The zero-order valence-electron chi connectivity index (χ0n) is 10.9. The Kier molecular flexibility index (Phi) is 4.00. The SMILES string of the molecule is CC1CCC(C)N(CCc2ccc(N)cn2)C1. The van der Waals surface area contributed by atoms with E-state index in [9.17, 15) is 0 Å². The molecule has 2 N–H and O–H groups in total. The molecule has 0 saturated carbocycles. The second-order valence-corrected chi connectivity index (χ2v) is 5.36. The maximum Gasteiger partial charge on any atom is 0.0501 e. The highest BCUT2D eigenvalue weighted by Crippen LogP contribution is 2.21. The molecule has 3 nitrogen and oxygen atoms in total. The number of nitrogens with zero attached hydrogens (tertiary/aromatic N) is 2. The second kappa shape index (κ2) is 5.50. The lowest BCUT2D eigenvalue weighted by Gasteiger charge is -2.36. The van der Waals surface area contributed by atoms with Crippen molar-refractivity contribution in [2.75, 3.05) is 18.8 Å². The third-order valence-electron chi connectivity index (χ3n) is 3.75. The zero-order chi connectivity index (χ0) is 12.3. The molecule has 1 aliphatic rings. The van der Waals surface area contributed by atoms with Crippen LogP contribution in [-0.4, -0.2) is 29.0 Å². The van der Waals surface area contributed by atoms with E-state index < -0.39 is 0 Å². The third-order valence-corrected chi connectivity index (χ3v) is 3.75. The standard InChI is InChI=1S/C14H23N3/c1-11-3-4-12(2)17(10-11)8-7-14-6-5-13(15)9-16-14/h5-6,9,11-12H,3-4,7-8,10,15H2,1-2H3. The predicted octanol–water partition coefficient (Wildman–Crippen LogP) is 2.33. The van der Waals surface area contributed by atoms with Crippen molar-refractivity contribution in [1.82, 2.24) is 9.88 Å². The van der Waals surface area contributed by atoms with Crippen LogP contribution in [0.4, 0.5) is 5.69 Å². The van der Waals surface area contributed by atoms with Crippen molar-refractivity contribution in [1.29, 1.82) is 0 Å². The van der Waals surface area contributed by atoms with Gasteiger partial charge in [-0.1, -0.05) is 6.92 Å². The molecular weight excluding hydrogens is 210 g/mol. The zero-order valence-corrected chi connectivity index (χ0v) is 10.9. The fraction of sp³-hybridized carbons (Fsp3) is 0.643. The highest BCUT2D eigenvalue weighted by Gasteiger charge is 2.22. The minimum absolute atomic E-state index is 0.722. The van der Waals surface area contributed by atoms with Crippen molar-refractivity contribution < 1.29 is 0 Å². The number of nitrogens with two attached hydrogens (primary N) is 1. The van der Waals surface area contributed by atoms with E-state index in [1.54, 1.807) is 6.20 Å². The van der Waals surface area contributed by atoms with Gasteiger partial charge in [-0.15, -0.1) is 0 Å². The van der Waals surface area contributed by atoms with E-state index in [1.165, 1.54) is 19.4 Å². The summed E-state index contributed by atoms with van der Waals surface area (Å²) in [5, 5.41) is 0. The third kappa shape index (κ3) is 3.43. The number of hydrogen-bond acceptors (Lipinski definition) is 3. The predicted molar refractivity (Wildman–Crippen MR) is 71.8 cm³/mol. The van der Waals surface area contributed by atoms with Crippen molar-refractivity contribution in [3.8, 4) is 0 Å². The number of anilines is 1. The molecule has 2 rings (SSSR count). The summed E-state index contributed by atoms with van der Waals surface area (Å²) in [6.45, 7) is 7.03. The molecule has 2 unspecified atom stereocenters. The van der Waals surface area contributed by atoms with Gasteiger partial charge in [-0.2, -0.15) is 0 Å². The molecule has 2 atom stereocenters. The first-order chi connectivity index (χ1) is 8.15. The molecule has 2 heterocycles. The normalized spacial score (nSPS) is 26.0. The van der Waals surface area contributed by atoms with Crippen LogP contribution in [0.2, 0.25) is 0 Å². The number of aromatic nitrogens is 1. The minimum atomic E-state index is 0.722. The first-order valence-corrected chi connectivity index (χ1v) is 6.59. The van der Waals surface area contributed by atoms with Gasteiger partial charge in [0.05, 0.1) is 11.9 Å². The molecular formula is C14H23N3. The molecule has 0 amide bonds. The summed E-state index contributed by atoms with van der Waals surface area (Å²) in [6.07, 6.45) is 5.48. The fourth-order valence-electron chi connectivity index (χ4n) is 2.53. The van der Waals surface area contributed by atoms with E-state index in [2.05, 4.69) is 23.7 Å². The maximum absolute atomic E-state index is 5.63. The number of hydrogen-bond donors (Lipinski definition) is 1. The molecule has 0 spiro atoms. The Bertz CT molecular complexity index is 347. The van der Waals surface area contributed by atoms with Crippen LogP contribution in [0.1, 0.15) is 32.4 Å². The van der Waals surface area contributed by atoms with Gasteiger partial charge < -0.3 is 10.6 Å². The van der Waals surface area contributed by atoms with Crippen molar-refractivity contribution in [2.45, 2.75) is 39.2 Å². The van der Waals surface area contributed by atoms with Crippen LogP contribution >= 0.6 is 0 Å². The number of nitrogen functional groups attached to an aromatic ring is 1. The number of pyridine rings is 1. The van der Waals surface area contributed by atoms with Crippen LogP contribution in [0, 0.1) is 5.92 Å². The summed E-state index contributed by atoms with van der Waals surface area (Å²) in [5.74, 6) is 0.838. The Morgan fingerprint density at radius 1 is 1.35 bits per heavy atom. The molecule has 94 valence electrons. The number of likely N-dealkylation sites (tertiary alicyclic amines) is 1. The van der Waals surface area contributed by atoms with Crippen molar-refractivity contribution in [3.05, 3.63) is 24.0 Å². The molecule has 1 aromatic heterocycles. The molecule has 1 aromatic rings. The van der Waals surface area contributed by atoms with Gasteiger partial charge in [-0.05, 0) is 37.8 Å². The second-order valence-electron chi connectivity index (χ2n) is 5.36. The molecule has 3 heteroatoms. The van der Waals surface area contributed by atoms with E-state index in [1.807, 2.05) is 12.1 Å². The first-order valence-electron chi connectivity index (χ1n) is 6.59.